The molecule has 4 rings (SSSR count). The van der Waals surface area contributed by atoms with Crippen LogP contribution in [0.1, 0.15) is 31.0 Å². The van der Waals surface area contributed by atoms with Gasteiger partial charge >= 0.3 is 0 Å². The molecule has 0 saturated carbocycles. The zero-order valence-electron chi connectivity index (χ0n) is 16.9. The van der Waals surface area contributed by atoms with E-state index in [1.165, 1.54) is 0 Å². The van der Waals surface area contributed by atoms with Crippen LogP contribution in [0.4, 0.5) is 0 Å². The molecule has 0 spiro atoms. The Bertz CT molecular complexity index is 1080. The van der Waals surface area contributed by atoms with Gasteiger partial charge in [-0.2, -0.15) is 0 Å². The third-order valence-electron chi connectivity index (χ3n) is 4.76. The average Bonchev–Trinajstić information content (AvgIpc) is 3.40. The van der Waals surface area contributed by atoms with Crippen LogP contribution in [-0.4, -0.2) is 36.4 Å². The molecule has 2 aromatic carbocycles. The summed E-state index contributed by atoms with van der Waals surface area (Å²) in [5.74, 6) is 1.80. The van der Waals surface area contributed by atoms with Crippen LogP contribution in [-0.2, 0) is 6.42 Å². The molecule has 4 aromatic rings. The fourth-order valence-corrected chi connectivity index (χ4v) is 3.41. The molecule has 29 heavy (non-hydrogen) atoms. The number of aromatic nitrogens is 6. The van der Waals surface area contributed by atoms with E-state index in [1.807, 2.05) is 30.6 Å². The first-order valence-corrected chi connectivity index (χ1v) is 9.71. The lowest BCUT2D eigenvalue weighted by molar-refractivity contribution is 0.321. The van der Waals surface area contributed by atoms with Crippen LogP contribution in [0.2, 0.25) is 0 Å². The number of nitrogens with zero attached hydrogens (tertiary/aromatic N) is 6. The Morgan fingerprint density at radius 2 is 1.97 bits per heavy atom. The van der Waals surface area contributed by atoms with Gasteiger partial charge in [0.1, 0.15) is 17.9 Å². The van der Waals surface area contributed by atoms with E-state index >= 15 is 0 Å². The predicted molar refractivity (Wildman–Crippen MR) is 111 cm³/mol. The second-order valence-corrected chi connectivity index (χ2v) is 7.27. The Hall–Kier alpha value is -3.48. The van der Waals surface area contributed by atoms with Gasteiger partial charge in [0.2, 0.25) is 0 Å². The number of aryl methyl sites for hydroxylation is 1. The lowest BCUT2D eigenvalue weighted by Crippen LogP contribution is -2.07. The summed E-state index contributed by atoms with van der Waals surface area (Å²) in [7, 11) is 0. The zero-order chi connectivity index (χ0) is 20.2. The highest BCUT2D eigenvalue weighted by Gasteiger charge is 2.11. The lowest BCUT2D eigenvalue weighted by atomic mass is 10.1. The summed E-state index contributed by atoms with van der Waals surface area (Å²) in [5, 5.41) is 11.4. The van der Waals surface area contributed by atoms with E-state index in [0.29, 0.717) is 12.6 Å². The molecule has 0 saturated heterocycles. The predicted octanol–water partition coefficient (Wildman–Crippen LogP) is 4.04. The lowest BCUT2D eigenvalue weighted by Gasteiger charge is -2.14. The SMILES string of the molecule is Cc1cc(OCCc2ccccc2-n2cnnn2)cc(-c2nccn2C(C)C)c1. The van der Waals surface area contributed by atoms with E-state index in [1.54, 1.807) is 11.0 Å². The van der Waals surface area contributed by atoms with Gasteiger partial charge in [0, 0.05) is 30.4 Å². The van der Waals surface area contributed by atoms with E-state index in [-0.39, 0.29) is 0 Å². The molecule has 0 aliphatic heterocycles. The Labute approximate surface area is 170 Å². The van der Waals surface area contributed by atoms with Crippen molar-refractivity contribution in [3.8, 4) is 22.8 Å². The van der Waals surface area contributed by atoms with Crippen LogP contribution in [0.5, 0.6) is 5.75 Å². The molecule has 7 nitrogen and oxygen atoms in total. The number of hydrogen-bond donors (Lipinski definition) is 0. The number of benzene rings is 2. The first-order valence-electron chi connectivity index (χ1n) is 9.71. The first-order chi connectivity index (χ1) is 14.1. The van der Waals surface area contributed by atoms with Gasteiger partial charge in [-0.25, -0.2) is 9.67 Å². The topological polar surface area (TPSA) is 70.7 Å². The van der Waals surface area contributed by atoms with Crippen LogP contribution in [0.25, 0.3) is 17.1 Å². The van der Waals surface area contributed by atoms with Crippen LogP contribution in [0.15, 0.2) is 61.2 Å². The van der Waals surface area contributed by atoms with E-state index in [2.05, 4.69) is 70.1 Å². The number of rotatable bonds is 7. The van der Waals surface area contributed by atoms with Crippen LogP contribution < -0.4 is 4.74 Å². The Kier molecular flexibility index (Phi) is 5.37. The molecule has 0 N–H and O–H groups in total. The maximum atomic E-state index is 6.10. The fraction of sp³-hybridized carbons (Fsp3) is 0.273. The summed E-state index contributed by atoms with van der Waals surface area (Å²) < 4.78 is 9.94. The summed E-state index contributed by atoms with van der Waals surface area (Å²) in [6, 6.07) is 14.7. The highest BCUT2D eigenvalue weighted by molar-refractivity contribution is 5.60. The van der Waals surface area contributed by atoms with Gasteiger partial charge in [0.05, 0.1) is 12.3 Å². The van der Waals surface area contributed by atoms with Gasteiger partial charge in [-0.1, -0.05) is 18.2 Å². The molecule has 0 aliphatic rings. The van der Waals surface area contributed by atoms with E-state index in [9.17, 15) is 0 Å². The van der Waals surface area contributed by atoms with Crippen molar-refractivity contribution in [3.63, 3.8) is 0 Å². The van der Waals surface area contributed by atoms with Crippen LogP contribution in [0.3, 0.4) is 0 Å². The van der Waals surface area contributed by atoms with E-state index in [0.717, 1.165) is 40.4 Å². The summed E-state index contributed by atoms with van der Waals surface area (Å²) in [6.07, 6.45) is 6.20. The van der Waals surface area contributed by atoms with Crippen LogP contribution >= 0.6 is 0 Å². The Balaban J connectivity index is 1.50. The van der Waals surface area contributed by atoms with E-state index < -0.39 is 0 Å². The summed E-state index contributed by atoms with van der Waals surface area (Å²) >= 11 is 0. The molecule has 0 aliphatic carbocycles. The van der Waals surface area contributed by atoms with Gasteiger partial charge in [-0.15, -0.1) is 5.10 Å². The zero-order valence-corrected chi connectivity index (χ0v) is 16.9. The van der Waals surface area contributed by atoms with Crippen molar-refractivity contribution in [1.29, 1.82) is 0 Å². The molecule has 0 atom stereocenters. The van der Waals surface area contributed by atoms with Gasteiger partial charge in [-0.05, 0) is 66.6 Å². The molecule has 0 unspecified atom stereocenters. The van der Waals surface area contributed by atoms with Crippen LogP contribution in [0, 0.1) is 6.92 Å². The number of hydrogen-bond acceptors (Lipinski definition) is 5. The molecule has 0 bridgehead atoms. The molecule has 0 fully saturated rings. The maximum Gasteiger partial charge on any atom is 0.143 e. The quantitative estimate of drug-likeness (QED) is 0.478. The van der Waals surface area contributed by atoms with Gasteiger partial charge in [-0.3, -0.25) is 0 Å². The van der Waals surface area contributed by atoms with E-state index in [4.69, 9.17) is 4.74 Å². The molecule has 148 valence electrons. The third kappa shape index (κ3) is 4.18. The Morgan fingerprint density at radius 1 is 1.10 bits per heavy atom. The molecule has 0 radical (unpaired) electrons. The third-order valence-corrected chi connectivity index (χ3v) is 4.76. The summed E-state index contributed by atoms with van der Waals surface area (Å²) in [5.41, 5.74) is 4.30. The second kappa shape index (κ2) is 8.26. The van der Waals surface area contributed by atoms with Crippen molar-refractivity contribution in [1.82, 2.24) is 29.8 Å². The van der Waals surface area contributed by atoms with Crippen molar-refractivity contribution in [2.75, 3.05) is 6.61 Å². The number of para-hydroxylation sites is 1. The smallest absolute Gasteiger partial charge is 0.143 e. The molecular weight excluding hydrogens is 364 g/mol. The molecular formula is C22H24N6O. The van der Waals surface area contributed by atoms with Crippen molar-refractivity contribution < 1.29 is 4.74 Å². The average molecular weight is 388 g/mol. The maximum absolute atomic E-state index is 6.10. The normalized spacial score (nSPS) is 11.2. The largest absolute Gasteiger partial charge is 0.493 e. The number of ether oxygens (including phenoxy) is 1. The van der Waals surface area contributed by atoms with Crippen molar-refractivity contribution in [2.45, 2.75) is 33.2 Å². The highest BCUT2D eigenvalue weighted by atomic mass is 16.5. The Morgan fingerprint density at radius 3 is 2.76 bits per heavy atom. The van der Waals surface area contributed by atoms with Gasteiger partial charge < -0.3 is 9.30 Å². The van der Waals surface area contributed by atoms with Crippen molar-refractivity contribution in [3.05, 3.63) is 72.3 Å². The molecule has 0 amide bonds. The first kappa shape index (κ1) is 18.9. The molecule has 7 heteroatoms. The second-order valence-electron chi connectivity index (χ2n) is 7.27. The summed E-state index contributed by atoms with van der Waals surface area (Å²) in [4.78, 5) is 4.54. The number of tetrazole rings is 1. The fourth-order valence-electron chi connectivity index (χ4n) is 3.41. The standard InChI is InChI=1S/C22H24N6O/c1-16(2)27-10-9-23-22(27)19-12-17(3)13-20(14-19)29-11-8-18-6-4-5-7-21(18)28-15-24-25-26-28/h4-7,9-10,12-16H,8,11H2,1-3H3. The minimum absolute atomic E-state index is 0.347. The highest BCUT2D eigenvalue weighted by Crippen LogP contribution is 2.27. The van der Waals surface area contributed by atoms with Crippen molar-refractivity contribution in [2.24, 2.45) is 0 Å². The van der Waals surface area contributed by atoms with Gasteiger partial charge in [0.25, 0.3) is 0 Å². The summed E-state index contributed by atoms with van der Waals surface area (Å²) in [6.45, 7) is 6.94. The van der Waals surface area contributed by atoms with Gasteiger partial charge in [0.15, 0.2) is 0 Å². The molecule has 2 aromatic heterocycles. The number of imidazole rings is 1. The molecule has 2 heterocycles. The monoisotopic (exact) mass is 388 g/mol. The van der Waals surface area contributed by atoms with Crippen molar-refractivity contribution >= 4 is 0 Å². The minimum atomic E-state index is 0.347. The minimum Gasteiger partial charge on any atom is -0.493 e.